The van der Waals surface area contributed by atoms with Crippen molar-refractivity contribution < 1.29 is 19.5 Å². The minimum absolute atomic E-state index is 0.164. The number of halogens is 1. The van der Waals surface area contributed by atoms with E-state index in [2.05, 4.69) is 5.16 Å². The van der Waals surface area contributed by atoms with E-state index in [1.807, 2.05) is 0 Å². The molecule has 6 heteroatoms. The number of nitrogens with zero attached hydrogens (tertiary/aromatic N) is 1. The molecule has 0 saturated carbocycles. The van der Waals surface area contributed by atoms with Crippen LogP contribution in [0, 0.1) is 0 Å². The van der Waals surface area contributed by atoms with Crippen molar-refractivity contribution in [3.63, 3.8) is 0 Å². The van der Waals surface area contributed by atoms with Crippen LogP contribution in [0.3, 0.4) is 0 Å². The Labute approximate surface area is 97.2 Å². The third-order valence-corrected chi connectivity index (χ3v) is 1.93. The van der Waals surface area contributed by atoms with Crippen molar-refractivity contribution in [2.24, 2.45) is 5.16 Å². The molecule has 0 bridgehead atoms. The van der Waals surface area contributed by atoms with E-state index < -0.39 is 5.97 Å². The van der Waals surface area contributed by atoms with Gasteiger partial charge in [0.05, 0.1) is 13.3 Å². The molecule has 0 atom stereocenters. The standard InChI is InChI=1S/C10H10ClNO4/c1-6(13)16-10-7(5-12-14)3-8(11)4-9(10)15-2/h3-5,14H,1-2H3/b12-5+. The van der Waals surface area contributed by atoms with E-state index in [1.165, 1.54) is 26.2 Å². The molecule has 1 rings (SSSR count). The summed E-state index contributed by atoms with van der Waals surface area (Å²) in [6.07, 6.45) is 1.10. The van der Waals surface area contributed by atoms with Gasteiger partial charge in [-0.15, -0.1) is 0 Å². The number of oxime groups is 1. The Balaban J connectivity index is 3.32. The molecular weight excluding hydrogens is 234 g/mol. The topological polar surface area (TPSA) is 68.1 Å². The van der Waals surface area contributed by atoms with Gasteiger partial charge in [-0.2, -0.15) is 0 Å². The number of rotatable bonds is 3. The number of benzene rings is 1. The van der Waals surface area contributed by atoms with Gasteiger partial charge in [0.2, 0.25) is 0 Å². The summed E-state index contributed by atoms with van der Waals surface area (Å²) in [5.74, 6) is -0.0528. The van der Waals surface area contributed by atoms with Gasteiger partial charge in [0.15, 0.2) is 11.5 Å². The lowest BCUT2D eigenvalue weighted by atomic mass is 10.2. The van der Waals surface area contributed by atoms with Crippen LogP contribution in [0.1, 0.15) is 12.5 Å². The largest absolute Gasteiger partial charge is 0.493 e. The summed E-state index contributed by atoms with van der Waals surface area (Å²) >= 11 is 5.81. The highest BCUT2D eigenvalue weighted by atomic mass is 35.5. The normalized spacial score (nSPS) is 10.4. The highest BCUT2D eigenvalue weighted by Crippen LogP contribution is 2.33. The van der Waals surface area contributed by atoms with E-state index in [0.717, 1.165) is 6.21 Å². The quantitative estimate of drug-likeness (QED) is 0.290. The van der Waals surface area contributed by atoms with E-state index in [-0.39, 0.29) is 11.5 Å². The molecule has 0 fully saturated rings. The SMILES string of the molecule is COc1cc(Cl)cc(/C=N/O)c1OC(C)=O. The zero-order chi connectivity index (χ0) is 12.1. The number of hydrogen-bond acceptors (Lipinski definition) is 5. The molecule has 0 unspecified atom stereocenters. The fraction of sp³-hybridized carbons (Fsp3) is 0.200. The van der Waals surface area contributed by atoms with Crippen molar-refractivity contribution in [2.75, 3.05) is 7.11 Å². The molecule has 1 N–H and O–H groups in total. The maximum absolute atomic E-state index is 10.9. The Kier molecular flexibility index (Phi) is 4.13. The van der Waals surface area contributed by atoms with Gasteiger partial charge in [-0.3, -0.25) is 4.79 Å². The summed E-state index contributed by atoms with van der Waals surface area (Å²) in [4.78, 5) is 10.9. The van der Waals surface area contributed by atoms with Crippen molar-refractivity contribution in [3.05, 3.63) is 22.7 Å². The molecule has 86 valence electrons. The second-order valence-corrected chi connectivity index (χ2v) is 3.30. The molecule has 0 saturated heterocycles. The molecule has 0 heterocycles. The zero-order valence-electron chi connectivity index (χ0n) is 8.73. The van der Waals surface area contributed by atoms with Gasteiger partial charge in [-0.1, -0.05) is 16.8 Å². The predicted octanol–water partition coefficient (Wildman–Crippen LogP) is 2.08. The molecule has 5 nitrogen and oxygen atoms in total. The molecule has 1 aromatic carbocycles. The van der Waals surface area contributed by atoms with Crippen molar-refractivity contribution in [1.82, 2.24) is 0 Å². The first-order chi connectivity index (χ1) is 7.58. The van der Waals surface area contributed by atoms with Crippen LogP contribution in [-0.2, 0) is 4.79 Å². The average molecular weight is 244 g/mol. The van der Waals surface area contributed by atoms with Crippen molar-refractivity contribution in [1.29, 1.82) is 0 Å². The number of carbonyl (C=O) groups is 1. The molecule has 16 heavy (non-hydrogen) atoms. The molecule has 1 aromatic rings. The van der Waals surface area contributed by atoms with Crippen molar-refractivity contribution >= 4 is 23.8 Å². The van der Waals surface area contributed by atoms with Gasteiger partial charge in [0.1, 0.15) is 0 Å². The lowest BCUT2D eigenvalue weighted by Gasteiger charge is -2.10. The minimum Gasteiger partial charge on any atom is -0.493 e. The molecule has 0 aliphatic carbocycles. The maximum Gasteiger partial charge on any atom is 0.308 e. The first-order valence-corrected chi connectivity index (χ1v) is 4.69. The molecule has 0 aromatic heterocycles. The van der Waals surface area contributed by atoms with Crippen LogP contribution in [0.5, 0.6) is 11.5 Å². The summed E-state index contributed by atoms with van der Waals surface area (Å²) < 4.78 is 9.96. The molecule has 0 spiro atoms. The summed E-state index contributed by atoms with van der Waals surface area (Å²) in [6, 6.07) is 2.98. The fourth-order valence-electron chi connectivity index (χ4n) is 1.15. The van der Waals surface area contributed by atoms with Crippen LogP contribution in [0.2, 0.25) is 5.02 Å². The fourth-order valence-corrected chi connectivity index (χ4v) is 1.37. The Morgan fingerprint density at radius 2 is 2.25 bits per heavy atom. The van der Waals surface area contributed by atoms with E-state index in [1.54, 1.807) is 0 Å². The number of methoxy groups -OCH3 is 1. The van der Waals surface area contributed by atoms with Crippen LogP contribution in [0.15, 0.2) is 17.3 Å². The first-order valence-electron chi connectivity index (χ1n) is 4.32. The third kappa shape index (κ3) is 2.87. The molecule has 0 amide bonds. The molecule has 0 aliphatic heterocycles. The maximum atomic E-state index is 10.9. The Morgan fingerprint density at radius 1 is 1.56 bits per heavy atom. The van der Waals surface area contributed by atoms with E-state index >= 15 is 0 Å². The average Bonchev–Trinajstić information content (AvgIpc) is 2.21. The van der Waals surface area contributed by atoms with Crippen LogP contribution >= 0.6 is 11.6 Å². The van der Waals surface area contributed by atoms with E-state index in [9.17, 15) is 4.79 Å². The Bertz CT molecular complexity index is 431. The number of ether oxygens (including phenoxy) is 2. The molecule has 0 radical (unpaired) electrons. The van der Waals surface area contributed by atoms with Gasteiger partial charge < -0.3 is 14.7 Å². The molecular formula is C10H10ClNO4. The van der Waals surface area contributed by atoms with Crippen LogP contribution < -0.4 is 9.47 Å². The van der Waals surface area contributed by atoms with Gasteiger partial charge in [0, 0.05) is 23.6 Å². The summed E-state index contributed by atoms with van der Waals surface area (Å²) in [5.41, 5.74) is 0.349. The van der Waals surface area contributed by atoms with E-state index in [4.69, 9.17) is 26.3 Å². The van der Waals surface area contributed by atoms with Crippen molar-refractivity contribution in [3.8, 4) is 11.5 Å². The summed E-state index contributed by atoms with van der Waals surface area (Å²) in [5, 5.41) is 11.7. The van der Waals surface area contributed by atoms with E-state index in [0.29, 0.717) is 10.6 Å². The van der Waals surface area contributed by atoms with Gasteiger partial charge in [0.25, 0.3) is 0 Å². The highest BCUT2D eigenvalue weighted by Gasteiger charge is 2.13. The monoisotopic (exact) mass is 243 g/mol. The van der Waals surface area contributed by atoms with Crippen LogP contribution in [0.25, 0.3) is 0 Å². The van der Waals surface area contributed by atoms with Gasteiger partial charge >= 0.3 is 5.97 Å². The highest BCUT2D eigenvalue weighted by molar-refractivity contribution is 6.31. The lowest BCUT2D eigenvalue weighted by molar-refractivity contribution is -0.132. The predicted molar refractivity (Wildman–Crippen MR) is 58.7 cm³/mol. The third-order valence-electron chi connectivity index (χ3n) is 1.71. The Hall–Kier alpha value is -1.75. The Morgan fingerprint density at radius 3 is 2.75 bits per heavy atom. The first kappa shape index (κ1) is 12.3. The minimum atomic E-state index is -0.506. The number of hydrogen-bond donors (Lipinski definition) is 1. The van der Waals surface area contributed by atoms with Crippen LogP contribution in [-0.4, -0.2) is 24.5 Å². The zero-order valence-corrected chi connectivity index (χ0v) is 9.49. The van der Waals surface area contributed by atoms with Gasteiger partial charge in [-0.05, 0) is 6.07 Å². The molecule has 0 aliphatic rings. The second kappa shape index (κ2) is 5.37. The second-order valence-electron chi connectivity index (χ2n) is 2.86. The lowest BCUT2D eigenvalue weighted by Crippen LogP contribution is -2.05. The van der Waals surface area contributed by atoms with Gasteiger partial charge in [-0.25, -0.2) is 0 Å². The van der Waals surface area contributed by atoms with Crippen molar-refractivity contribution in [2.45, 2.75) is 6.92 Å². The number of carbonyl (C=O) groups excluding carboxylic acids is 1. The van der Waals surface area contributed by atoms with Crippen LogP contribution in [0.4, 0.5) is 0 Å². The number of esters is 1. The summed E-state index contributed by atoms with van der Waals surface area (Å²) in [6.45, 7) is 1.26. The smallest absolute Gasteiger partial charge is 0.308 e. The summed E-state index contributed by atoms with van der Waals surface area (Å²) in [7, 11) is 1.42.